The second kappa shape index (κ2) is 12.2. The number of rotatable bonds is 10. The number of nitrogens with zero attached hydrogens (tertiary/aromatic N) is 6. The lowest BCUT2D eigenvalue weighted by Gasteiger charge is -2.09. The number of hydrogen-bond donors (Lipinski definition) is 3. The number of benzene rings is 1. The van der Waals surface area contributed by atoms with E-state index in [1.165, 1.54) is 29.8 Å². The predicted octanol–water partition coefficient (Wildman–Crippen LogP) is 5.89. The first-order valence-corrected chi connectivity index (χ1v) is 14.1. The number of nitrogens with one attached hydrogen (secondary N) is 3. The van der Waals surface area contributed by atoms with Gasteiger partial charge in [0.15, 0.2) is 5.13 Å². The average Bonchev–Trinajstić information content (AvgIpc) is 3.67. The number of anilines is 3. The minimum atomic E-state index is -4.49. The van der Waals surface area contributed by atoms with Crippen LogP contribution in [0.25, 0.3) is 20.7 Å². The number of thiazole rings is 1. The molecule has 0 bridgehead atoms. The Morgan fingerprint density at radius 2 is 1.93 bits per heavy atom. The van der Waals surface area contributed by atoms with Crippen LogP contribution in [0.5, 0.6) is 0 Å². The lowest BCUT2D eigenvalue weighted by Crippen LogP contribution is -2.19. The quantitative estimate of drug-likeness (QED) is 0.183. The van der Waals surface area contributed by atoms with Crippen molar-refractivity contribution < 1.29 is 18.0 Å². The summed E-state index contributed by atoms with van der Waals surface area (Å²) in [6.45, 7) is 2.27. The number of likely N-dealkylation sites (N-methyl/N-ethyl adjacent to an activating group) is 1. The van der Waals surface area contributed by atoms with Crippen molar-refractivity contribution in [1.82, 2.24) is 29.6 Å². The van der Waals surface area contributed by atoms with Crippen LogP contribution in [0.4, 0.5) is 34.6 Å². The van der Waals surface area contributed by atoms with E-state index in [1.54, 1.807) is 17.5 Å². The van der Waals surface area contributed by atoms with E-state index in [0.29, 0.717) is 18.1 Å². The SMILES string of the molecule is CN(C)CCn1cc(-c2cc3ncnc(NCCc4cnc(NC(=O)Nc5cccc(C(F)(F)F)c5)s4)c3s2)cn1. The zero-order valence-electron chi connectivity index (χ0n) is 22.1. The smallest absolute Gasteiger partial charge is 0.368 e. The normalized spacial score (nSPS) is 11.8. The number of carbonyl (C=O) groups is 1. The van der Waals surface area contributed by atoms with Crippen LogP contribution in [-0.4, -0.2) is 62.8 Å². The molecule has 4 aromatic heterocycles. The van der Waals surface area contributed by atoms with Gasteiger partial charge in [0.1, 0.15) is 12.1 Å². The first kappa shape index (κ1) is 28.4. The third kappa shape index (κ3) is 7.36. The Morgan fingerprint density at radius 1 is 1.07 bits per heavy atom. The molecule has 10 nitrogen and oxygen atoms in total. The maximum absolute atomic E-state index is 12.9. The topological polar surface area (TPSA) is 113 Å². The Bertz CT molecular complexity index is 1640. The number of carbonyl (C=O) groups excluding carboxylic acids is 1. The van der Waals surface area contributed by atoms with Gasteiger partial charge in [-0.2, -0.15) is 18.3 Å². The van der Waals surface area contributed by atoms with Gasteiger partial charge in [0.2, 0.25) is 0 Å². The molecule has 41 heavy (non-hydrogen) atoms. The van der Waals surface area contributed by atoms with Gasteiger partial charge in [-0.1, -0.05) is 6.07 Å². The Kier molecular flexibility index (Phi) is 8.46. The summed E-state index contributed by atoms with van der Waals surface area (Å²) >= 11 is 2.88. The minimum Gasteiger partial charge on any atom is -0.368 e. The molecule has 0 atom stereocenters. The van der Waals surface area contributed by atoms with E-state index in [1.807, 2.05) is 37.2 Å². The van der Waals surface area contributed by atoms with E-state index in [4.69, 9.17) is 0 Å². The maximum atomic E-state index is 12.9. The monoisotopic (exact) mass is 601 g/mol. The molecule has 4 heterocycles. The van der Waals surface area contributed by atoms with Crippen molar-refractivity contribution in [2.45, 2.75) is 19.1 Å². The largest absolute Gasteiger partial charge is 0.416 e. The Balaban J connectivity index is 1.16. The summed E-state index contributed by atoms with van der Waals surface area (Å²) in [6, 6.07) is 5.79. The molecule has 5 rings (SSSR count). The minimum absolute atomic E-state index is 0.0318. The van der Waals surface area contributed by atoms with Gasteiger partial charge in [0.05, 0.1) is 28.5 Å². The zero-order valence-corrected chi connectivity index (χ0v) is 23.7. The number of urea groups is 1. The molecule has 0 unspecified atom stereocenters. The highest BCUT2D eigenvalue weighted by Gasteiger charge is 2.30. The van der Waals surface area contributed by atoms with Gasteiger partial charge in [0.25, 0.3) is 0 Å². The standard InChI is InChI=1S/C26H26F3N9OS2/c1-37(2)8-9-38-14-16(12-34-38)21-11-20-22(41-21)23(33-15-32-20)30-7-6-19-13-31-25(40-19)36-24(39)35-18-5-3-4-17(10-18)26(27,28)29/h3-5,10-15H,6-9H2,1-2H3,(H,30,32,33)(H2,31,35,36,39). The molecule has 2 amide bonds. The molecule has 1 aromatic carbocycles. The summed E-state index contributed by atoms with van der Waals surface area (Å²) < 4.78 is 41.6. The molecule has 0 aliphatic heterocycles. The van der Waals surface area contributed by atoms with Crippen LogP contribution in [0.15, 0.2) is 55.2 Å². The lowest BCUT2D eigenvalue weighted by atomic mass is 10.2. The number of hydrogen-bond acceptors (Lipinski definition) is 9. The van der Waals surface area contributed by atoms with Crippen molar-refractivity contribution in [2.75, 3.05) is 43.1 Å². The number of alkyl halides is 3. The van der Waals surface area contributed by atoms with E-state index in [0.717, 1.165) is 56.6 Å². The van der Waals surface area contributed by atoms with E-state index in [-0.39, 0.29) is 5.69 Å². The van der Waals surface area contributed by atoms with Gasteiger partial charge in [-0.15, -0.1) is 22.7 Å². The molecule has 15 heteroatoms. The highest BCUT2D eigenvalue weighted by Crippen LogP contribution is 2.35. The predicted molar refractivity (Wildman–Crippen MR) is 156 cm³/mol. The molecular weight excluding hydrogens is 575 g/mol. The van der Waals surface area contributed by atoms with E-state index < -0.39 is 17.8 Å². The van der Waals surface area contributed by atoms with E-state index in [2.05, 4.69) is 40.9 Å². The second-order valence-corrected chi connectivity index (χ2v) is 11.5. The summed E-state index contributed by atoms with van der Waals surface area (Å²) in [5, 5.41) is 13.1. The summed E-state index contributed by atoms with van der Waals surface area (Å²) in [6.07, 6.45) is 3.20. The van der Waals surface area contributed by atoms with Crippen LogP contribution in [0.1, 0.15) is 10.4 Å². The fraction of sp³-hybridized carbons (Fsp3) is 0.269. The second-order valence-electron chi connectivity index (χ2n) is 9.31. The van der Waals surface area contributed by atoms with Crippen LogP contribution in [0, 0.1) is 0 Å². The summed E-state index contributed by atoms with van der Waals surface area (Å²) in [5.74, 6) is 0.731. The van der Waals surface area contributed by atoms with E-state index in [9.17, 15) is 18.0 Å². The van der Waals surface area contributed by atoms with Crippen LogP contribution in [-0.2, 0) is 19.1 Å². The van der Waals surface area contributed by atoms with Gasteiger partial charge in [-0.05, 0) is 38.4 Å². The van der Waals surface area contributed by atoms with Crippen LogP contribution >= 0.6 is 22.7 Å². The fourth-order valence-electron chi connectivity index (χ4n) is 3.86. The molecule has 0 saturated carbocycles. The first-order chi connectivity index (χ1) is 19.6. The van der Waals surface area contributed by atoms with Gasteiger partial charge >= 0.3 is 12.2 Å². The third-order valence-electron chi connectivity index (χ3n) is 5.89. The Hall–Kier alpha value is -4.08. The van der Waals surface area contributed by atoms with Crippen LogP contribution in [0.2, 0.25) is 0 Å². The summed E-state index contributed by atoms with van der Waals surface area (Å²) in [7, 11) is 4.06. The molecule has 0 spiro atoms. The van der Waals surface area contributed by atoms with Crippen LogP contribution < -0.4 is 16.0 Å². The van der Waals surface area contributed by atoms with Gasteiger partial charge in [-0.25, -0.2) is 19.7 Å². The highest BCUT2D eigenvalue weighted by atomic mass is 32.1. The Morgan fingerprint density at radius 3 is 2.73 bits per heavy atom. The molecule has 3 N–H and O–H groups in total. The molecule has 0 saturated heterocycles. The zero-order chi connectivity index (χ0) is 29.0. The number of aromatic nitrogens is 5. The first-order valence-electron chi connectivity index (χ1n) is 12.5. The van der Waals surface area contributed by atoms with Crippen molar-refractivity contribution in [2.24, 2.45) is 0 Å². The molecular formula is C26H26F3N9OS2. The van der Waals surface area contributed by atoms with Gasteiger partial charge < -0.3 is 15.5 Å². The average molecular weight is 602 g/mol. The fourth-order valence-corrected chi connectivity index (χ4v) is 5.71. The molecule has 0 aliphatic rings. The Labute approximate surface area is 241 Å². The van der Waals surface area contributed by atoms with Crippen molar-refractivity contribution >= 4 is 55.6 Å². The van der Waals surface area contributed by atoms with Crippen molar-refractivity contribution in [3.8, 4) is 10.4 Å². The highest BCUT2D eigenvalue weighted by molar-refractivity contribution is 7.22. The van der Waals surface area contributed by atoms with Crippen molar-refractivity contribution in [3.63, 3.8) is 0 Å². The molecule has 0 fully saturated rings. The van der Waals surface area contributed by atoms with Crippen molar-refractivity contribution in [3.05, 3.63) is 65.7 Å². The summed E-state index contributed by atoms with van der Waals surface area (Å²) in [5.41, 5.74) is 1.06. The number of amides is 2. The van der Waals surface area contributed by atoms with Crippen molar-refractivity contribution in [1.29, 1.82) is 0 Å². The third-order valence-corrected chi connectivity index (χ3v) is 8.04. The van der Waals surface area contributed by atoms with E-state index >= 15 is 0 Å². The van der Waals surface area contributed by atoms with Gasteiger partial charge in [0, 0.05) is 52.9 Å². The maximum Gasteiger partial charge on any atom is 0.416 e. The van der Waals surface area contributed by atoms with Gasteiger partial charge in [-0.3, -0.25) is 10.00 Å². The molecule has 5 aromatic rings. The van der Waals surface area contributed by atoms with Crippen LogP contribution in [0.3, 0.4) is 0 Å². The summed E-state index contributed by atoms with van der Waals surface area (Å²) in [4.78, 5) is 29.4. The number of halogens is 3. The lowest BCUT2D eigenvalue weighted by molar-refractivity contribution is -0.137. The molecule has 214 valence electrons. The molecule has 0 aliphatic carbocycles. The molecule has 0 radical (unpaired) electrons. The number of fused-ring (bicyclic) bond motifs is 1. The number of thiophene rings is 1.